The molecule has 0 unspecified atom stereocenters. The normalized spacial score (nSPS) is 20.3. The molecule has 0 atom stereocenters. The van der Waals surface area contributed by atoms with Gasteiger partial charge < -0.3 is 15.0 Å². The van der Waals surface area contributed by atoms with E-state index >= 15 is 0 Å². The quantitative estimate of drug-likeness (QED) is 0.809. The number of nitrogens with one attached hydrogen (secondary N) is 2. The van der Waals surface area contributed by atoms with E-state index in [4.69, 9.17) is 4.74 Å². The third-order valence-electron chi connectivity index (χ3n) is 4.00. The van der Waals surface area contributed by atoms with E-state index in [1.807, 2.05) is 12.3 Å². The molecule has 0 aliphatic carbocycles. The highest BCUT2D eigenvalue weighted by atomic mass is 16.5. The first-order chi connectivity index (χ1) is 9.43. The first-order valence-corrected chi connectivity index (χ1v) is 6.85. The molecule has 0 radical (unpaired) electrons. The minimum Gasteiger partial charge on any atom is -0.381 e. The number of pyridine rings is 1. The Morgan fingerprint density at radius 1 is 1.32 bits per heavy atom. The fourth-order valence-corrected chi connectivity index (χ4v) is 3.05. The molecule has 0 spiro atoms. The predicted octanol–water partition coefficient (Wildman–Crippen LogP) is 1.37. The van der Waals surface area contributed by atoms with Crippen molar-refractivity contribution in [1.82, 2.24) is 15.2 Å². The molecule has 6 heteroatoms. The van der Waals surface area contributed by atoms with Crippen LogP contribution in [-0.4, -0.2) is 47.5 Å². The van der Waals surface area contributed by atoms with E-state index in [9.17, 15) is 0 Å². The Bertz CT molecular complexity index is 590. The Labute approximate surface area is 111 Å². The molecule has 19 heavy (non-hydrogen) atoms. The van der Waals surface area contributed by atoms with Crippen LogP contribution in [0.5, 0.6) is 0 Å². The number of hydrogen-bond donors (Lipinski definition) is 2. The lowest BCUT2D eigenvalue weighted by Crippen LogP contribution is -2.41. The lowest BCUT2D eigenvalue weighted by Gasteiger charge is -2.34. The first kappa shape index (κ1) is 11.0. The molecular formula is C13H17N5O. The van der Waals surface area contributed by atoms with Gasteiger partial charge in [-0.05, 0) is 18.9 Å². The number of nitrogens with zero attached hydrogens (tertiary/aromatic N) is 3. The van der Waals surface area contributed by atoms with E-state index in [2.05, 4.69) is 25.4 Å². The number of ether oxygens (including phenoxy) is 1. The van der Waals surface area contributed by atoms with Crippen molar-refractivity contribution in [3.05, 3.63) is 12.3 Å². The topological polar surface area (TPSA) is 66.1 Å². The van der Waals surface area contributed by atoms with Gasteiger partial charge in [0.15, 0.2) is 5.82 Å². The zero-order chi connectivity index (χ0) is 12.7. The summed E-state index contributed by atoms with van der Waals surface area (Å²) in [6.45, 7) is 3.56. The number of aromatic nitrogens is 3. The number of hydrogen-bond acceptors (Lipinski definition) is 5. The van der Waals surface area contributed by atoms with Crippen LogP contribution in [0, 0.1) is 0 Å². The van der Waals surface area contributed by atoms with Gasteiger partial charge >= 0.3 is 0 Å². The standard InChI is InChI=1S/C13H17N5O/c1-4-15-13-11-10(1)16-17-12(11)14-5-6-18(13)9-2-7-19-8-3-9/h1,4,9H,2-3,5-8H2,(H2,14,16,17). The first-order valence-electron chi connectivity index (χ1n) is 6.85. The molecule has 0 amide bonds. The maximum atomic E-state index is 5.47. The van der Waals surface area contributed by atoms with E-state index < -0.39 is 0 Å². The molecule has 4 rings (SSSR count). The summed E-state index contributed by atoms with van der Waals surface area (Å²) < 4.78 is 5.47. The lowest BCUT2D eigenvalue weighted by atomic mass is 10.1. The number of rotatable bonds is 1. The fourth-order valence-electron chi connectivity index (χ4n) is 3.05. The Kier molecular flexibility index (Phi) is 2.55. The van der Waals surface area contributed by atoms with Gasteiger partial charge in [-0.3, -0.25) is 5.10 Å². The fraction of sp³-hybridized carbons (Fsp3) is 0.538. The van der Waals surface area contributed by atoms with Crippen LogP contribution >= 0.6 is 0 Å². The van der Waals surface area contributed by atoms with Gasteiger partial charge in [0.05, 0.1) is 10.9 Å². The molecule has 4 heterocycles. The summed E-state index contributed by atoms with van der Waals surface area (Å²) >= 11 is 0. The SMILES string of the molecule is c1cc2[nH]nc3c2c(n1)N(C1CCOCC1)CCN3. The third-order valence-corrected chi connectivity index (χ3v) is 4.00. The van der Waals surface area contributed by atoms with E-state index in [0.717, 1.165) is 61.7 Å². The summed E-state index contributed by atoms with van der Waals surface area (Å²) in [6, 6.07) is 2.50. The van der Waals surface area contributed by atoms with Gasteiger partial charge in [0.1, 0.15) is 5.82 Å². The van der Waals surface area contributed by atoms with Crippen molar-refractivity contribution in [1.29, 1.82) is 0 Å². The summed E-state index contributed by atoms with van der Waals surface area (Å²) in [4.78, 5) is 7.03. The van der Waals surface area contributed by atoms with Gasteiger partial charge in [-0.25, -0.2) is 4.98 Å². The van der Waals surface area contributed by atoms with Crippen LogP contribution in [0.1, 0.15) is 12.8 Å². The van der Waals surface area contributed by atoms with Gasteiger partial charge in [0.25, 0.3) is 0 Å². The Hall–Kier alpha value is -1.82. The van der Waals surface area contributed by atoms with Crippen LogP contribution in [0.2, 0.25) is 0 Å². The summed E-state index contributed by atoms with van der Waals surface area (Å²) in [5, 5.41) is 11.9. The highest BCUT2D eigenvalue weighted by molar-refractivity contribution is 5.99. The minimum absolute atomic E-state index is 0.523. The molecule has 0 saturated carbocycles. The maximum absolute atomic E-state index is 5.47. The Morgan fingerprint density at radius 3 is 3.11 bits per heavy atom. The van der Waals surface area contributed by atoms with Crippen LogP contribution < -0.4 is 10.2 Å². The van der Waals surface area contributed by atoms with Crippen LogP contribution in [0.15, 0.2) is 12.3 Å². The van der Waals surface area contributed by atoms with Crippen molar-refractivity contribution in [2.45, 2.75) is 18.9 Å². The Morgan fingerprint density at radius 2 is 2.21 bits per heavy atom. The summed E-state index contributed by atoms with van der Waals surface area (Å²) in [5.41, 5.74) is 1.05. The van der Waals surface area contributed by atoms with Crippen molar-refractivity contribution in [3.8, 4) is 0 Å². The molecule has 2 N–H and O–H groups in total. The predicted molar refractivity (Wildman–Crippen MR) is 73.6 cm³/mol. The summed E-state index contributed by atoms with van der Waals surface area (Å²) in [5.74, 6) is 1.98. The zero-order valence-electron chi connectivity index (χ0n) is 10.7. The second-order valence-electron chi connectivity index (χ2n) is 5.09. The monoisotopic (exact) mass is 259 g/mol. The molecular weight excluding hydrogens is 242 g/mol. The molecule has 0 bridgehead atoms. The van der Waals surface area contributed by atoms with E-state index in [0.29, 0.717) is 6.04 Å². The second kappa shape index (κ2) is 4.38. The van der Waals surface area contributed by atoms with Crippen molar-refractivity contribution in [3.63, 3.8) is 0 Å². The number of aromatic amines is 1. The van der Waals surface area contributed by atoms with Gasteiger partial charge in [0.2, 0.25) is 0 Å². The van der Waals surface area contributed by atoms with Crippen LogP contribution in [0.3, 0.4) is 0 Å². The van der Waals surface area contributed by atoms with Gasteiger partial charge in [0, 0.05) is 38.5 Å². The van der Waals surface area contributed by atoms with Crippen LogP contribution in [0.4, 0.5) is 11.6 Å². The van der Waals surface area contributed by atoms with Gasteiger partial charge in [-0.2, -0.15) is 5.10 Å². The lowest BCUT2D eigenvalue weighted by molar-refractivity contribution is 0.0845. The highest BCUT2D eigenvalue weighted by Gasteiger charge is 2.27. The van der Waals surface area contributed by atoms with E-state index in [1.54, 1.807) is 0 Å². The van der Waals surface area contributed by atoms with Crippen molar-refractivity contribution >= 4 is 22.5 Å². The molecule has 1 fully saturated rings. The van der Waals surface area contributed by atoms with E-state index in [-0.39, 0.29) is 0 Å². The third kappa shape index (κ3) is 1.74. The highest BCUT2D eigenvalue weighted by Crippen LogP contribution is 2.33. The number of anilines is 2. The average Bonchev–Trinajstić information content (AvgIpc) is 2.78. The largest absolute Gasteiger partial charge is 0.381 e. The number of H-pyrrole nitrogens is 1. The maximum Gasteiger partial charge on any atom is 0.159 e. The van der Waals surface area contributed by atoms with Crippen LogP contribution in [0.25, 0.3) is 10.9 Å². The average molecular weight is 259 g/mol. The molecule has 100 valence electrons. The van der Waals surface area contributed by atoms with Crippen LogP contribution in [-0.2, 0) is 4.74 Å². The van der Waals surface area contributed by atoms with Crippen molar-refractivity contribution in [2.24, 2.45) is 0 Å². The zero-order valence-corrected chi connectivity index (χ0v) is 10.7. The smallest absolute Gasteiger partial charge is 0.159 e. The molecule has 2 aromatic heterocycles. The molecule has 6 nitrogen and oxygen atoms in total. The van der Waals surface area contributed by atoms with Crippen molar-refractivity contribution < 1.29 is 4.74 Å². The Balaban J connectivity index is 1.81. The molecule has 2 aliphatic heterocycles. The molecule has 2 aromatic rings. The molecule has 2 aliphatic rings. The molecule has 1 saturated heterocycles. The van der Waals surface area contributed by atoms with Gasteiger partial charge in [-0.1, -0.05) is 0 Å². The minimum atomic E-state index is 0.523. The van der Waals surface area contributed by atoms with Crippen molar-refractivity contribution in [2.75, 3.05) is 36.5 Å². The van der Waals surface area contributed by atoms with E-state index in [1.165, 1.54) is 0 Å². The van der Waals surface area contributed by atoms with Gasteiger partial charge in [-0.15, -0.1) is 0 Å². The summed E-state index contributed by atoms with van der Waals surface area (Å²) in [7, 11) is 0. The molecule has 0 aromatic carbocycles. The summed E-state index contributed by atoms with van der Waals surface area (Å²) in [6.07, 6.45) is 4.01. The second-order valence-corrected chi connectivity index (χ2v) is 5.09.